The summed E-state index contributed by atoms with van der Waals surface area (Å²) >= 11 is -5.20. The SMILES string of the molecule is Cc1cc(C)c(C)[c]([Tl]([O]C(=O)C(F)(F)F)[O]C(=O)C(F)(F)F)c1C. The standard InChI is InChI=1S/C10H13.2C2HF3O2.Tl/c1-7-5-9(3)10(4)6-8(7)2;2*3-2(4,5)1(6)7;/h5H,1-4H3;2*(H,6,7);/q;;;+2/p-2. The molecule has 0 unspecified atom stereocenters. The molecule has 0 aliphatic rings. The Morgan fingerprint density at radius 3 is 1.40 bits per heavy atom. The Balaban J connectivity index is 3.42. The van der Waals surface area contributed by atoms with Crippen molar-refractivity contribution in [3.63, 3.8) is 0 Å². The van der Waals surface area contributed by atoms with Crippen molar-refractivity contribution in [2.75, 3.05) is 0 Å². The maximum absolute atomic E-state index is 12.5. The Hall–Kier alpha value is -1.34. The number of halogens is 6. The van der Waals surface area contributed by atoms with Gasteiger partial charge in [-0.1, -0.05) is 0 Å². The van der Waals surface area contributed by atoms with Gasteiger partial charge in [0.1, 0.15) is 0 Å². The molecule has 0 saturated heterocycles. The first kappa shape index (κ1) is 21.7. The van der Waals surface area contributed by atoms with Crippen molar-refractivity contribution >= 4 is 38.7 Å². The number of carbonyl (C=O) groups excluding carboxylic acids is 2. The van der Waals surface area contributed by atoms with Gasteiger partial charge in [0.05, 0.1) is 0 Å². The normalized spacial score (nSPS) is 11.9. The van der Waals surface area contributed by atoms with Gasteiger partial charge in [-0.2, -0.15) is 0 Å². The first-order valence-electron chi connectivity index (χ1n) is 6.79. The molecule has 0 heterocycles. The first-order chi connectivity index (χ1) is 11.2. The van der Waals surface area contributed by atoms with Crippen LogP contribution in [0.2, 0.25) is 0 Å². The van der Waals surface area contributed by atoms with Crippen molar-refractivity contribution in [1.29, 1.82) is 0 Å². The Bertz CT molecular complexity index is 642. The quantitative estimate of drug-likeness (QED) is 0.420. The molecule has 138 valence electrons. The van der Waals surface area contributed by atoms with Crippen molar-refractivity contribution in [2.45, 2.75) is 40.0 Å². The molecule has 1 rings (SSSR count). The van der Waals surface area contributed by atoms with Crippen LogP contribution in [0.1, 0.15) is 22.3 Å². The third-order valence-electron chi connectivity index (χ3n) is 3.55. The molecule has 4 nitrogen and oxygen atoms in total. The summed E-state index contributed by atoms with van der Waals surface area (Å²) in [5, 5.41) is 0. The van der Waals surface area contributed by atoms with Gasteiger partial charge in [0.2, 0.25) is 0 Å². The van der Waals surface area contributed by atoms with Crippen LogP contribution < -0.4 is 3.12 Å². The second-order valence-corrected chi connectivity index (χ2v) is 12.0. The van der Waals surface area contributed by atoms with E-state index in [0.717, 1.165) is 0 Å². The molecule has 1 aromatic rings. The summed E-state index contributed by atoms with van der Waals surface area (Å²) in [5.41, 5.74) is 1.79. The maximum atomic E-state index is 12.5. The van der Waals surface area contributed by atoms with Gasteiger partial charge in [0.25, 0.3) is 0 Å². The Labute approximate surface area is 148 Å². The average Bonchev–Trinajstić information content (AvgIpc) is 2.43. The second kappa shape index (κ2) is 7.50. The molecule has 0 radical (unpaired) electrons. The topological polar surface area (TPSA) is 52.6 Å². The van der Waals surface area contributed by atoms with E-state index in [1.807, 2.05) is 0 Å². The Morgan fingerprint density at radius 2 is 1.12 bits per heavy atom. The van der Waals surface area contributed by atoms with Gasteiger partial charge in [-0.25, -0.2) is 0 Å². The molecule has 1 aromatic carbocycles. The number of benzene rings is 1. The summed E-state index contributed by atoms with van der Waals surface area (Å²) in [6, 6.07) is 1.68. The van der Waals surface area contributed by atoms with Crippen LogP contribution in [0.25, 0.3) is 0 Å². The zero-order valence-electron chi connectivity index (χ0n) is 13.6. The minimum atomic E-state index is -5.41. The summed E-state index contributed by atoms with van der Waals surface area (Å²) < 4.78 is 83.2. The molecule has 25 heavy (non-hydrogen) atoms. The van der Waals surface area contributed by atoms with Crippen molar-refractivity contribution in [2.24, 2.45) is 0 Å². The first-order valence-corrected chi connectivity index (χ1v) is 12.7. The third-order valence-corrected chi connectivity index (χ3v) is 12.1. The predicted octanol–water partition coefficient (Wildman–Crippen LogP) is 2.83. The number of aryl methyl sites for hydroxylation is 2. The van der Waals surface area contributed by atoms with E-state index in [1.165, 1.54) is 13.8 Å². The number of alkyl halides is 6. The van der Waals surface area contributed by atoms with Gasteiger partial charge in [-0.05, 0) is 0 Å². The molecule has 0 bridgehead atoms. The molecule has 11 heteroatoms. The van der Waals surface area contributed by atoms with Gasteiger partial charge in [0.15, 0.2) is 0 Å². The number of hydrogen-bond acceptors (Lipinski definition) is 4. The Morgan fingerprint density at radius 1 is 0.800 bits per heavy atom. The van der Waals surface area contributed by atoms with Crippen LogP contribution in [-0.4, -0.2) is 47.9 Å². The number of rotatable bonds is 3. The molecular weight excluding hydrogens is 551 g/mol. The molecule has 0 aliphatic heterocycles. The van der Waals surface area contributed by atoms with Crippen LogP contribution in [0.15, 0.2) is 6.07 Å². The van der Waals surface area contributed by atoms with Crippen molar-refractivity contribution < 1.29 is 41.3 Å². The number of carbonyl (C=O) groups is 2. The third kappa shape index (κ3) is 5.32. The average molecular weight is 564 g/mol. The molecule has 0 aliphatic carbocycles. The van der Waals surface area contributed by atoms with E-state index in [4.69, 9.17) is 0 Å². The van der Waals surface area contributed by atoms with Crippen molar-refractivity contribution in [3.05, 3.63) is 28.3 Å². The molecule has 0 spiro atoms. The van der Waals surface area contributed by atoms with Gasteiger partial charge >= 0.3 is 148 Å². The van der Waals surface area contributed by atoms with E-state index < -0.39 is 47.9 Å². The fraction of sp³-hybridized carbons (Fsp3) is 0.429. The predicted molar refractivity (Wildman–Crippen MR) is 75.1 cm³/mol. The number of hydrogen-bond donors (Lipinski definition) is 0. The van der Waals surface area contributed by atoms with E-state index >= 15 is 0 Å². The summed E-state index contributed by atoms with van der Waals surface area (Å²) in [4.78, 5) is 22.2. The van der Waals surface area contributed by atoms with Gasteiger partial charge in [-0.15, -0.1) is 0 Å². The van der Waals surface area contributed by atoms with Crippen LogP contribution in [0, 0.1) is 27.7 Å². The van der Waals surface area contributed by atoms with E-state index in [-0.39, 0.29) is 3.12 Å². The monoisotopic (exact) mass is 564 g/mol. The fourth-order valence-electron chi connectivity index (χ4n) is 2.07. The van der Waals surface area contributed by atoms with Gasteiger partial charge in [0, 0.05) is 0 Å². The zero-order chi connectivity index (χ0) is 19.7. The summed E-state index contributed by atoms with van der Waals surface area (Å²) in [6.07, 6.45) is -10.8. The Kier molecular flexibility index (Phi) is 6.51. The molecule has 0 amide bonds. The molecule has 0 saturated carbocycles. The second-order valence-electron chi connectivity index (χ2n) is 5.31. The van der Waals surface area contributed by atoms with Gasteiger partial charge < -0.3 is 0 Å². The van der Waals surface area contributed by atoms with Crippen LogP contribution in [-0.2, 0) is 15.0 Å². The minimum absolute atomic E-state index is 0.0206. The van der Waals surface area contributed by atoms with Crippen molar-refractivity contribution in [1.82, 2.24) is 0 Å². The summed E-state index contributed by atoms with van der Waals surface area (Å²) in [6.45, 7) is 6.08. The van der Waals surface area contributed by atoms with E-state index in [9.17, 15) is 35.9 Å². The van der Waals surface area contributed by atoms with E-state index in [0.29, 0.717) is 22.3 Å². The van der Waals surface area contributed by atoms with Crippen LogP contribution in [0.5, 0.6) is 0 Å². The molecule has 0 fully saturated rings. The molecular formula is C14H13F6O4Tl. The van der Waals surface area contributed by atoms with E-state index in [2.05, 4.69) is 5.37 Å². The van der Waals surface area contributed by atoms with Crippen LogP contribution >= 0.6 is 0 Å². The fourth-order valence-corrected chi connectivity index (χ4v) is 10.2. The van der Waals surface area contributed by atoms with E-state index in [1.54, 1.807) is 19.9 Å². The zero-order valence-corrected chi connectivity index (χ0v) is 18.0. The summed E-state index contributed by atoms with van der Waals surface area (Å²) in [5.74, 6) is -5.35. The molecule has 0 N–H and O–H groups in total. The van der Waals surface area contributed by atoms with Gasteiger partial charge in [-0.3, -0.25) is 0 Å². The molecule has 0 aromatic heterocycles. The molecule has 0 atom stereocenters. The summed E-state index contributed by atoms with van der Waals surface area (Å²) in [7, 11) is 0. The van der Waals surface area contributed by atoms with Crippen LogP contribution in [0.3, 0.4) is 0 Å². The van der Waals surface area contributed by atoms with Crippen LogP contribution in [0.4, 0.5) is 26.3 Å². The van der Waals surface area contributed by atoms with Crippen molar-refractivity contribution in [3.8, 4) is 0 Å².